The third-order valence-electron chi connectivity index (χ3n) is 2.56. The smallest absolute Gasteiger partial charge is 0.329 e. The van der Waals surface area contributed by atoms with E-state index in [2.05, 4.69) is 4.98 Å². The molecular weight excluding hydrogens is 208 g/mol. The molecule has 0 radical (unpaired) electrons. The first-order chi connectivity index (χ1) is 7.63. The Bertz CT molecular complexity index is 438. The third-order valence-corrected chi connectivity index (χ3v) is 2.56. The summed E-state index contributed by atoms with van der Waals surface area (Å²) in [5, 5.41) is 7.57. The average molecular weight is 222 g/mol. The molecule has 0 aliphatic carbocycles. The van der Waals surface area contributed by atoms with Gasteiger partial charge >= 0.3 is 5.97 Å². The Labute approximate surface area is 92.9 Å². The molecule has 16 heavy (non-hydrogen) atoms. The van der Waals surface area contributed by atoms with Gasteiger partial charge in [0, 0.05) is 17.8 Å². The molecule has 0 bridgehead atoms. The molecule has 0 saturated heterocycles. The molecule has 0 fully saturated rings. The van der Waals surface area contributed by atoms with Crippen molar-refractivity contribution in [2.45, 2.75) is 25.9 Å². The predicted octanol–water partition coefficient (Wildman–Crippen LogP) is 0.0219. The van der Waals surface area contributed by atoms with Gasteiger partial charge in [0.2, 0.25) is 0 Å². The van der Waals surface area contributed by atoms with Crippen LogP contribution in [0.25, 0.3) is 0 Å². The van der Waals surface area contributed by atoms with Gasteiger partial charge in [0.1, 0.15) is 6.04 Å². The van der Waals surface area contributed by atoms with Gasteiger partial charge in [-0.25, -0.2) is 9.78 Å². The fourth-order valence-corrected chi connectivity index (χ4v) is 1.82. The van der Waals surface area contributed by atoms with Crippen molar-refractivity contribution in [2.24, 2.45) is 5.73 Å². The number of carbonyl (C=O) groups is 1. The van der Waals surface area contributed by atoms with Crippen molar-refractivity contribution in [3.63, 3.8) is 0 Å². The van der Waals surface area contributed by atoms with Crippen LogP contribution in [0.3, 0.4) is 0 Å². The van der Waals surface area contributed by atoms with Gasteiger partial charge in [-0.3, -0.25) is 0 Å². The molecule has 0 spiro atoms. The molecule has 1 aliphatic rings. The number of nitrogens with two attached hydrogens (primary N) is 1. The van der Waals surface area contributed by atoms with Crippen LogP contribution in [0, 0.1) is 5.41 Å². The number of fused-ring (bicyclic) bond motifs is 1. The highest BCUT2D eigenvalue weighted by molar-refractivity contribution is 5.87. The lowest BCUT2D eigenvalue weighted by atomic mass is 10.1. The standard InChI is InChI=1S/C10H14N4O2/c1-2-16-10(15)8(12)9-7-3-6(11)4-14(7)5-13-9/h5,8,11H,2-4,12H2,1H3. The molecule has 2 rings (SSSR count). The molecule has 0 aromatic carbocycles. The minimum atomic E-state index is -0.845. The topological polar surface area (TPSA) is 94.0 Å². The van der Waals surface area contributed by atoms with Crippen molar-refractivity contribution >= 4 is 11.7 Å². The Kier molecular flexibility index (Phi) is 2.74. The minimum Gasteiger partial charge on any atom is -0.465 e. The Morgan fingerprint density at radius 1 is 1.81 bits per heavy atom. The van der Waals surface area contributed by atoms with Crippen molar-refractivity contribution in [1.29, 1.82) is 5.41 Å². The molecule has 2 heterocycles. The molecular formula is C10H14N4O2. The quantitative estimate of drug-likeness (QED) is 0.705. The molecule has 1 aliphatic heterocycles. The van der Waals surface area contributed by atoms with Crippen LogP contribution < -0.4 is 5.73 Å². The van der Waals surface area contributed by atoms with Crippen LogP contribution >= 0.6 is 0 Å². The first-order valence-electron chi connectivity index (χ1n) is 5.16. The number of nitrogens with one attached hydrogen (secondary N) is 1. The molecule has 6 nitrogen and oxygen atoms in total. The van der Waals surface area contributed by atoms with Crippen molar-refractivity contribution in [3.05, 3.63) is 17.7 Å². The highest BCUT2D eigenvalue weighted by atomic mass is 16.5. The van der Waals surface area contributed by atoms with Gasteiger partial charge in [-0.15, -0.1) is 0 Å². The largest absolute Gasteiger partial charge is 0.465 e. The van der Waals surface area contributed by atoms with Crippen LogP contribution in [0.15, 0.2) is 6.33 Å². The summed E-state index contributed by atoms with van der Waals surface area (Å²) < 4.78 is 6.69. The van der Waals surface area contributed by atoms with E-state index in [-0.39, 0.29) is 0 Å². The third kappa shape index (κ3) is 1.71. The van der Waals surface area contributed by atoms with E-state index in [0.29, 0.717) is 31.0 Å². The summed E-state index contributed by atoms with van der Waals surface area (Å²) >= 11 is 0. The number of nitrogens with zero attached hydrogens (tertiary/aromatic N) is 2. The Hall–Kier alpha value is -1.69. The molecule has 0 saturated carbocycles. The summed E-state index contributed by atoms with van der Waals surface area (Å²) in [5.74, 6) is -0.470. The molecule has 1 aromatic heterocycles. The lowest BCUT2D eigenvalue weighted by molar-refractivity contribution is -0.144. The van der Waals surface area contributed by atoms with E-state index in [4.69, 9.17) is 15.9 Å². The number of aromatic nitrogens is 2. The van der Waals surface area contributed by atoms with Gasteiger partial charge in [-0.05, 0) is 6.92 Å². The number of hydrogen-bond donors (Lipinski definition) is 2. The van der Waals surface area contributed by atoms with E-state index in [1.54, 1.807) is 13.3 Å². The predicted molar refractivity (Wildman–Crippen MR) is 57.2 cm³/mol. The first kappa shape index (κ1) is 10.8. The Morgan fingerprint density at radius 2 is 2.56 bits per heavy atom. The van der Waals surface area contributed by atoms with Crippen LogP contribution in [0.4, 0.5) is 0 Å². The second-order valence-electron chi connectivity index (χ2n) is 3.71. The summed E-state index contributed by atoms with van der Waals surface area (Å²) in [6, 6.07) is -0.845. The Balaban J connectivity index is 2.22. The minimum absolute atomic E-state index is 0.304. The summed E-state index contributed by atoms with van der Waals surface area (Å²) in [7, 11) is 0. The second-order valence-corrected chi connectivity index (χ2v) is 3.71. The maximum Gasteiger partial charge on any atom is 0.329 e. The summed E-state index contributed by atoms with van der Waals surface area (Å²) in [6.45, 7) is 2.58. The lowest BCUT2D eigenvalue weighted by Gasteiger charge is -2.09. The summed E-state index contributed by atoms with van der Waals surface area (Å²) in [4.78, 5) is 15.6. The highest BCUT2D eigenvalue weighted by Gasteiger charge is 2.27. The number of imidazole rings is 1. The molecule has 1 unspecified atom stereocenters. The van der Waals surface area contributed by atoms with Gasteiger partial charge in [-0.1, -0.05) is 0 Å². The maximum atomic E-state index is 11.5. The fraction of sp³-hybridized carbons (Fsp3) is 0.500. The monoisotopic (exact) mass is 222 g/mol. The first-order valence-corrected chi connectivity index (χ1v) is 5.16. The maximum absolute atomic E-state index is 11.5. The van der Waals surface area contributed by atoms with Crippen LogP contribution in [-0.2, 0) is 22.5 Å². The molecule has 1 aromatic rings. The van der Waals surface area contributed by atoms with Crippen molar-refractivity contribution in [3.8, 4) is 0 Å². The van der Waals surface area contributed by atoms with Gasteiger partial charge < -0.3 is 20.4 Å². The second kappa shape index (κ2) is 4.05. The molecule has 3 N–H and O–H groups in total. The van der Waals surface area contributed by atoms with Crippen molar-refractivity contribution in [2.75, 3.05) is 6.61 Å². The number of esters is 1. The van der Waals surface area contributed by atoms with E-state index in [0.717, 1.165) is 5.69 Å². The Morgan fingerprint density at radius 3 is 3.25 bits per heavy atom. The van der Waals surface area contributed by atoms with E-state index in [9.17, 15) is 4.79 Å². The normalized spacial score (nSPS) is 16.0. The zero-order valence-corrected chi connectivity index (χ0v) is 9.06. The fourth-order valence-electron chi connectivity index (χ4n) is 1.82. The molecule has 6 heteroatoms. The average Bonchev–Trinajstić information content (AvgIpc) is 2.75. The molecule has 0 amide bonds. The summed E-state index contributed by atoms with van der Waals surface area (Å²) in [5.41, 5.74) is 7.75. The molecule has 86 valence electrons. The number of hydrogen-bond acceptors (Lipinski definition) is 5. The van der Waals surface area contributed by atoms with Crippen molar-refractivity contribution in [1.82, 2.24) is 9.55 Å². The van der Waals surface area contributed by atoms with Gasteiger partial charge in [0.05, 0.1) is 25.2 Å². The van der Waals surface area contributed by atoms with Gasteiger partial charge in [0.15, 0.2) is 0 Å². The van der Waals surface area contributed by atoms with Crippen LogP contribution in [-0.4, -0.2) is 27.8 Å². The SMILES string of the molecule is CCOC(=O)C(N)c1ncn2c1CC(=N)C2. The van der Waals surface area contributed by atoms with Crippen LogP contribution in [0.2, 0.25) is 0 Å². The van der Waals surface area contributed by atoms with E-state index in [1.807, 2.05) is 4.57 Å². The van der Waals surface area contributed by atoms with Crippen molar-refractivity contribution < 1.29 is 9.53 Å². The van der Waals surface area contributed by atoms with Crippen LogP contribution in [0.1, 0.15) is 24.4 Å². The van der Waals surface area contributed by atoms with Crippen LogP contribution in [0.5, 0.6) is 0 Å². The van der Waals surface area contributed by atoms with E-state index in [1.165, 1.54) is 0 Å². The molecule has 1 atom stereocenters. The zero-order valence-electron chi connectivity index (χ0n) is 9.06. The number of carbonyl (C=O) groups excluding carboxylic acids is 1. The number of ether oxygens (including phenoxy) is 1. The summed E-state index contributed by atoms with van der Waals surface area (Å²) in [6.07, 6.45) is 2.13. The van der Waals surface area contributed by atoms with E-state index < -0.39 is 12.0 Å². The van der Waals surface area contributed by atoms with Gasteiger partial charge in [0.25, 0.3) is 0 Å². The van der Waals surface area contributed by atoms with Gasteiger partial charge in [-0.2, -0.15) is 0 Å². The highest BCUT2D eigenvalue weighted by Crippen LogP contribution is 2.21. The lowest BCUT2D eigenvalue weighted by Crippen LogP contribution is -2.25. The number of rotatable bonds is 3. The van der Waals surface area contributed by atoms with E-state index >= 15 is 0 Å². The zero-order chi connectivity index (χ0) is 11.7.